The van der Waals surface area contributed by atoms with Gasteiger partial charge in [-0.25, -0.2) is 0 Å². The highest BCUT2D eigenvalue weighted by molar-refractivity contribution is 4.93. The molecule has 0 bridgehead atoms. The fourth-order valence-electron chi connectivity index (χ4n) is 2.46. The van der Waals surface area contributed by atoms with Crippen molar-refractivity contribution in [3.8, 4) is 0 Å². The highest BCUT2D eigenvalue weighted by Gasteiger charge is 2.20. The minimum absolute atomic E-state index is 0.512. The first-order valence-corrected chi connectivity index (χ1v) is 6.77. The Morgan fingerprint density at radius 2 is 2.12 bits per heavy atom. The summed E-state index contributed by atoms with van der Waals surface area (Å²) in [5, 5.41) is 3.71. The fraction of sp³-hybridized carbons (Fsp3) is 0.857. The van der Waals surface area contributed by atoms with Crippen LogP contribution in [0.25, 0.3) is 0 Å². The molecule has 0 amide bonds. The van der Waals surface area contributed by atoms with Gasteiger partial charge in [-0.15, -0.1) is 0 Å². The Morgan fingerprint density at radius 3 is 2.59 bits per heavy atom. The Bertz CT molecular complexity index is 222. The van der Waals surface area contributed by atoms with E-state index in [0.29, 0.717) is 12.1 Å². The molecule has 1 atom stereocenters. The molecule has 1 aliphatic rings. The van der Waals surface area contributed by atoms with Gasteiger partial charge in [0.25, 0.3) is 0 Å². The molecule has 0 aromatic carbocycles. The van der Waals surface area contributed by atoms with Crippen LogP contribution in [0.2, 0.25) is 0 Å². The summed E-state index contributed by atoms with van der Waals surface area (Å²) < 4.78 is 5.23. The average molecular weight is 240 g/mol. The zero-order valence-electron chi connectivity index (χ0n) is 11.7. The van der Waals surface area contributed by atoms with Gasteiger partial charge in [-0.3, -0.25) is 4.90 Å². The van der Waals surface area contributed by atoms with Crippen LogP contribution in [0.15, 0.2) is 12.2 Å². The lowest BCUT2D eigenvalue weighted by Crippen LogP contribution is -2.47. The van der Waals surface area contributed by atoms with Gasteiger partial charge < -0.3 is 10.1 Å². The largest absolute Gasteiger partial charge is 0.383 e. The number of ether oxygens (including phenoxy) is 1. The topological polar surface area (TPSA) is 24.5 Å². The molecule has 1 saturated heterocycles. The number of nitrogens with one attached hydrogen (secondary N) is 1. The summed E-state index contributed by atoms with van der Waals surface area (Å²) in [6.07, 6.45) is 3.63. The number of hydrogen-bond donors (Lipinski definition) is 1. The Kier molecular flexibility index (Phi) is 6.78. The Labute approximate surface area is 106 Å². The number of methoxy groups -OCH3 is 1. The summed E-state index contributed by atoms with van der Waals surface area (Å²) in [7, 11) is 1.78. The van der Waals surface area contributed by atoms with Gasteiger partial charge in [-0.05, 0) is 39.3 Å². The summed E-state index contributed by atoms with van der Waals surface area (Å²) in [6, 6.07) is 1.18. The summed E-state index contributed by atoms with van der Waals surface area (Å²) in [5.74, 6) is 0. The van der Waals surface area contributed by atoms with Crippen molar-refractivity contribution in [2.24, 2.45) is 0 Å². The van der Waals surface area contributed by atoms with Crippen molar-refractivity contribution in [1.29, 1.82) is 0 Å². The van der Waals surface area contributed by atoms with E-state index in [2.05, 4.69) is 30.6 Å². The third-order valence-corrected chi connectivity index (χ3v) is 3.41. The van der Waals surface area contributed by atoms with Crippen LogP contribution in [0.1, 0.15) is 33.1 Å². The predicted octanol–water partition coefficient (Wildman–Crippen LogP) is 2.04. The van der Waals surface area contributed by atoms with Crippen molar-refractivity contribution in [1.82, 2.24) is 10.2 Å². The first-order valence-electron chi connectivity index (χ1n) is 6.77. The summed E-state index contributed by atoms with van der Waals surface area (Å²) in [4.78, 5) is 2.50. The Balaban J connectivity index is 2.24. The SMILES string of the molecule is C=C(C)CN1CCC(NC(CC)COC)CC1. The molecule has 1 aliphatic heterocycles. The van der Waals surface area contributed by atoms with Crippen molar-refractivity contribution in [2.45, 2.75) is 45.2 Å². The third-order valence-electron chi connectivity index (χ3n) is 3.41. The number of nitrogens with zero attached hydrogens (tertiary/aromatic N) is 1. The summed E-state index contributed by atoms with van der Waals surface area (Å²) in [6.45, 7) is 12.6. The standard InChI is InChI=1S/C14H28N2O/c1-5-13(11-17-4)15-14-6-8-16(9-7-14)10-12(2)3/h13-15H,2,5-11H2,1,3-4H3. The predicted molar refractivity (Wildman–Crippen MR) is 73.4 cm³/mol. The number of hydrogen-bond acceptors (Lipinski definition) is 3. The molecule has 17 heavy (non-hydrogen) atoms. The Morgan fingerprint density at radius 1 is 1.47 bits per heavy atom. The van der Waals surface area contributed by atoms with E-state index in [1.807, 2.05) is 0 Å². The molecule has 0 spiro atoms. The van der Waals surface area contributed by atoms with Crippen LogP contribution in [-0.4, -0.2) is 50.3 Å². The first kappa shape index (κ1) is 14.7. The maximum Gasteiger partial charge on any atom is 0.0615 e. The second kappa shape index (κ2) is 7.85. The molecule has 1 heterocycles. The van der Waals surface area contributed by atoms with E-state index in [0.717, 1.165) is 19.6 Å². The molecule has 0 saturated carbocycles. The van der Waals surface area contributed by atoms with Gasteiger partial charge in [0, 0.05) is 25.7 Å². The second-order valence-corrected chi connectivity index (χ2v) is 5.23. The van der Waals surface area contributed by atoms with E-state index in [1.54, 1.807) is 7.11 Å². The van der Waals surface area contributed by atoms with E-state index < -0.39 is 0 Å². The van der Waals surface area contributed by atoms with Crippen LogP contribution in [-0.2, 0) is 4.74 Å². The molecule has 1 N–H and O–H groups in total. The van der Waals surface area contributed by atoms with Gasteiger partial charge in [0.05, 0.1) is 6.61 Å². The van der Waals surface area contributed by atoms with Crippen molar-refractivity contribution in [2.75, 3.05) is 33.4 Å². The molecule has 1 unspecified atom stereocenters. The van der Waals surface area contributed by atoms with E-state index in [9.17, 15) is 0 Å². The van der Waals surface area contributed by atoms with E-state index in [4.69, 9.17) is 4.74 Å². The molecule has 1 rings (SSSR count). The highest BCUT2D eigenvalue weighted by atomic mass is 16.5. The monoisotopic (exact) mass is 240 g/mol. The molecule has 100 valence electrons. The van der Waals surface area contributed by atoms with Crippen LogP contribution in [0.4, 0.5) is 0 Å². The molecular weight excluding hydrogens is 212 g/mol. The third kappa shape index (κ3) is 5.66. The van der Waals surface area contributed by atoms with Gasteiger partial charge in [0.1, 0.15) is 0 Å². The number of rotatable bonds is 7. The molecule has 0 radical (unpaired) electrons. The fourth-order valence-corrected chi connectivity index (χ4v) is 2.46. The molecule has 3 nitrogen and oxygen atoms in total. The van der Waals surface area contributed by atoms with Crippen LogP contribution in [0.5, 0.6) is 0 Å². The minimum atomic E-state index is 0.512. The maximum atomic E-state index is 5.23. The average Bonchev–Trinajstić information content (AvgIpc) is 2.30. The van der Waals surface area contributed by atoms with Crippen molar-refractivity contribution in [3.05, 3.63) is 12.2 Å². The van der Waals surface area contributed by atoms with Gasteiger partial charge in [-0.2, -0.15) is 0 Å². The van der Waals surface area contributed by atoms with Gasteiger partial charge in [0.2, 0.25) is 0 Å². The molecular formula is C14H28N2O. The summed E-state index contributed by atoms with van der Waals surface area (Å²) >= 11 is 0. The lowest BCUT2D eigenvalue weighted by Gasteiger charge is -2.34. The zero-order chi connectivity index (χ0) is 12.7. The second-order valence-electron chi connectivity index (χ2n) is 5.23. The minimum Gasteiger partial charge on any atom is -0.383 e. The van der Waals surface area contributed by atoms with Crippen molar-refractivity contribution >= 4 is 0 Å². The van der Waals surface area contributed by atoms with E-state index in [-0.39, 0.29) is 0 Å². The normalized spacial score (nSPS) is 20.4. The van der Waals surface area contributed by atoms with Gasteiger partial charge >= 0.3 is 0 Å². The maximum absolute atomic E-state index is 5.23. The summed E-state index contributed by atoms with van der Waals surface area (Å²) in [5.41, 5.74) is 1.27. The molecule has 0 aromatic heterocycles. The lowest BCUT2D eigenvalue weighted by atomic mass is 10.0. The van der Waals surface area contributed by atoms with Crippen LogP contribution < -0.4 is 5.32 Å². The highest BCUT2D eigenvalue weighted by Crippen LogP contribution is 2.12. The lowest BCUT2D eigenvalue weighted by molar-refractivity contribution is 0.142. The zero-order valence-corrected chi connectivity index (χ0v) is 11.7. The van der Waals surface area contributed by atoms with Gasteiger partial charge in [-0.1, -0.05) is 19.1 Å². The number of likely N-dealkylation sites (tertiary alicyclic amines) is 1. The Hall–Kier alpha value is -0.380. The van der Waals surface area contributed by atoms with Crippen LogP contribution in [0.3, 0.4) is 0 Å². The molecule has 0 aliphatic carbocycles. The van der Waals surface area contributed by atoms with Crippen molar-refractivity contribution < 1.29 is 4.74 Å². The number of piperidine rings is 1. The first-order chi connectivity index (χ1) is 8.15. The molecule has 3 heteroatoms. The van der Waals surface area contributed by atoms with E-state index >= 15 is 0 Å². The van der Waals surface area contributed by atoms with Crippen LogP contribution in [0, 0.1) is 0 Å². The smallest absolute Gasteiger partial charge is 0.0615 e. The van der Waals surface area contributed by atoms with E-state index in [1.165, 1.54) is 31.5 Å². The van der Waals surface area contributed by atoms with Crippen molar-refractivity contribution in [3.63, 3.8) is 0 Å². The quantitative estimate of drug-likeness (QED) is 0.689. The molecule has 1 fully saturated rings. The van der Waals surface area contributed by atoms with Crippen LogP contribution >= 0.6 is 0 Å². The molecule has 0 aromatic rings. The van der Waals surface area contributed by atoms with Gasteiger partial charge in [0.15, 0.2) is 0 Å².